The van der Waals surface area contributed by atoms with Crippen LogP contribution in [0.4, 0.5) is 5.82 Å². The smallest absolute Gasteiger partial charge is 0.163 e. The monoisotopic (exact) mass is 391 g/mol. The third-order valence-corrected chi connectivity index (χ3v) is 5.16. The molecular formula is C14H22IN3O2. The molecule has 0 aromatic carbocycles. The number of nitrogens with zero attached hydrogens (tertiary/aromatic N) is 2. The Balaban J connectivity index is 2.44. The van der Waals surface area contributed by atoms with Crippen LogP contribution in [0.5, 0.6) is 0 Å². The van der Waals surface area contributed by atoms with Crippen LogP contribution in [0.25, 0.3) is 0 Å². The number of aromatic nitrogens is 2. The molecule has 0 amide bonds. The Kier molecular flexibility index (Phi) is 5.19. The average Bonchev–Trinajstić information content (AvgIpc) is 2.43. The highest BCUT2D eigenvalue weighted by Gasteiger charge is 2.40. The predicted octanol–water partition coefficient (Wildman–Crippen LogP) is 2.86. The van der Waals surface area contributed by atoms with Crippen molar-refractivity contribution in [3.05, 3.63) is 15.1 Å². The van der Waals surface area contributed by atoms with Gasteiger partial charge in [-0.2, -0.15) is 0 Å². The van der Waals surface area contributed by atoms with E-state index in [9.17, 15) is 0 Å². The molecule has 20 heavy (non-hydrogen) atoms. The van der Waals surface area contributed by atoms with E-state index in [1.165, 1.54) is 6.42 Å². The van der Waals surface area contributed by atoms with Gasteiger partial charge < -0.3 is 15.2 Å². The molecule has 6 heteroatoms. The van der Waals surface area contributed by atoms with E-state index in [4.69, 9.17) is 15.2 Å². The molecule has 2 unspecified atom stereocenters. The van der Waals surface area contributed by atoms with E-state index >= 15 is 0 Å². The van der Waals surface area contributed by atoms with Gasteiger partial charge in [0.05, 0.1) is 15.9 Å². The Morgan fingerprint density at radius 2 is 2.15 bits per heavy atom. The van der Waals surface area contributed by atoms with Gasteiger partial charge in [0.2, 0.25) is 0 Å². The van der Waals surface area contributed by atoms with Crippen LogP contribution in [0.3, 0.4) is 0 Å². The summed E-state index contributed by atoms with van der Waals surface area (Å²) in [6.45, 7) is 2.69. The normalized spacial score (nSPS) is 26.7. The van der Waals surface area contributed by atoms with Gasteiger partial charge in [0.25, 0.3) is 0 Å². The van der Waals surface area contributed by atoms with Gasteiger partial charge in [0, 0.05) is 14.2 Å². The molecule has 0 spiro atoms. The van der Waals surface area contributed by atoms with Crippen molar-refractivity contribution in [3.63, 3.8) is 0 Å². The molecule has 112 valence electrons. The van der Waals surface area contributed by atoms with Crippen molar-refractivity contribution in [2.24, 2.45) is 5.92 Å². The molecule has 0 radical (unpaired) electrons. The molecule has 0 saturated heterocycles. The largest absolute Gasteiger partial charge is 0.383 e. The zero-order chi connectivity index (χ0) is 14.8. The minimum atomic E-state index is -0.404. The Hall–Kier alpha value is -0.470. The number of hydrogen-bond donors (Lipinski definition) is 1. The number of nitrogens with two attached hydrogens (primary N) is 1. The molecular weight excluding hydrogens is 369 g/mol. The third kappa shape index (κ3) is 3.07. The first-order valence-corrected chi connectivity index (χ1v) is 7.96. The summed E-state index contributed by atoms with van der Waals surface area (Å²) >= 11 is 2.17. The summed E-state index contributed by atoms with van der Waals surface area (Å²) in [6, 6.07) is 0. The van der Waals surface area contributed by atoms with Crippen molar-refractivity contribution in [1.82, 2.24) is 9.97 Å². The first kappa shape index (κ1) is 15.9. The minimum absolute atomic E-state index is 0.404. The van der Waals surface area contributed by atoms with Crippen molar-refractivity contribution in [3.8, 4) is 0 Å². The van der Waals surface area contributed by atoms with E-state index in [0.717, 1.165) is 28.5 Å². The molecule has 1 heterocycles. The van der Waals surface area contributed by atoms with E-state index in [2.05, 4.69) is 39.5 Å². The van der Waals surface area contributed by atoms with Crippen molar-refractivity contribution >= 4 is 28.4 Å². The number of ether oxygens (including phenoxy) is 2. The van der Waals surface area contributed by atoms with Crippen LogP contribution in [-0.2, 0) is 21.7 Å². The van der Waals surface area contributed by atoms with Gasteiger partial charge in [-0.3, -0.25) is 0 Å². The highest BCUT2D eigenvalue weighted by molar-refractivity contribution is 14.1. The molecule has 1 aromatic rings. The second-order valence-electron chi connectivity index (χ2n) is 5.53. The lowest BCUT2D eigenvalue weighted by Gasteiger charge is -2.37. The summed E-state index contributed by atoms with van der Waals surface area (Å²) in [7, 11) is 3.40. The fraction of sp³-hybridized carbons (Fsp3) is 0.714. The summed E-state index contributed by atoms with van der Waals surface area (Å²) in [6.07, 6.45) is 4.25. The molecule has 5 nitrogen and oxygen atoms in total. The quantitative estimate of drug-likeness (QED) is 0.800. The molecule has 1 aliphatic rings. The Labute approximate surface area is 133 Å². The first-order valence-electron chi connectivity index (χ1n) is 6.89. The lowest BCUT2D eigenvalue weighted by atomic mass is 9.78. The standard InChI is InChI=1S/C14H22IN3O2/c1-9-5-4-6-14(7-9,20-3)13-17-10(8-19-2)11(15)12(16)18-13/h9H,4-8H2,1-3H3,(H2,16,17,18). The molecule has 1 saturated carbocycles. The van der Waals surface area contributed by atoms with E-state index in [1.807, 2.05) is 0 Å². The fourth-order valence-electron chi connectivity index (χ4n) is 2.93. The molecule has 2 N–H and O–H groups in total. The Bertz CT molecular complexity index is 484. The topological polar surface area (TPSA) is 70.3 Å². The van der Waals surface area contributed by atoms with Gasteiger partial charge in [0.1, 0.15) is 11.4 Å². The number of nitrogen functional groups attached to an aromatic ring is 1. The summed E-state index contributed by atoms with van der Waals surface area (Å²) in [5.74, 6) is 1.83. The molecule has 0 bridgehead atoms. The zero-order valence-corrected chi connectivity index (χ0v) is 14.4. The molecule has 1 fully saturated rings. The summed E-state index contributed by atoms with van der Waals surface area (Å²) in [5, 5.41) is 0. The third-order valence-electron chi connectivity index (χ3n) is 3.98. The van der Waals surface area contributed by atoms with Crippen LogP contribution in [0.1, 0.15) is 44.1 Å². The summed E-state index contributed by atoms with van der Waals surface area (Å²) < 4.78 is 11.9. The zero-order valence-electron chi connectivity index (χ0n) is 12.3. The number of halogens is 1. The summed E-state index contributed by atoms with van der Waals surface area (Å²) in [4.78, 5) is 9.17. The van der Waals surface area contributed by atoms with Crippen LogP contribution in [-0.4, -0.2) is 24.2 Å². The number of hydrogen-bond acceptors (Lipinski definition) is 5. The van der Waals surface area contributed by atoms with Crippen molar-refractivity contribution < 1.29 is 9.47 Å². The number of methoxy groups -OCH3 is 2. The van der Waals surface area contributed by atoms with Crippen LogP contribution >= 0.6 is 22.6 Å². The van der Waals surface area contributed by atoms with E-state index in [1.54, 1.807) is 14.2 Å². The van der Waals surface area contributed by atoms with Crippen LogP contribution in [0, 0.1) is 9.49 Å². The Morgan fingerprint density at radius 3 is 2.75 bits per heavy atom. The lowest BCUT2D eigenvalue weighted by Crippen LogP contribution is -2.36. The highest BCUT2D eigenvalue weighted by Crippen LogP contribution is 2.41. The predicted molar refractivity (Wildman–Crippen MR) is 86.2 cm³/mol. The van der Waals surface area contributed by atoms with E-state index in [-0.39, 0.29) is 0 Å². The maximum Gasteiger partial charge on any atom is 0.163 e. The number of anilines is 1. The second kappa shape index (κ2) is 6.53. The average molecular weight is 391 g/mol. The van der Waals surface area contributed by atoms with Gasteiger partial charge in [-0.05, 0) is 47.8 Å². The Morgan fingerprint density at radius 1 is 1.40 bits per heavy atom. The molecule has 2 atom stereocenters. The van der Waals surface area contributed by atoms with Crippen LogP contribution < -0.4 is 5.73 Å². The molecule has 1 aromatic heterocycles. The second-order valence-corrected chi connectivity index (χ2v) is 6.60. The summed E-state index contributed by atoms with van der Waals surface area (Å²) in [5.41, 5.74) is 6.47. The SMILES string of the molecule is COCc1nc(C2(OC)CCCC(C)C2)nc(N)c1I. The molecule has 2 rings (SSSR count). The minimum Gasteiger partial charge on any atom is -0.383 e. The molecule has 1 aliphatic carbocycles. The van der Waals surface area contributed by atoms with Crippen molar-refractivity contribution in [2.45, 2.75) is 44.8 Å². The van der Waals surface area contributed by atoms with Gasteiger partial charge >= 0.3 is 0 Å². The van der Waals surface area contributed by atoms with Gasteiger partial charge in [0.15, 0.2) is 5.82 Å². The molecule has 0 aliphatic heterocycles. The fourth-order valence-corrected chi connectivity index (χ4v) is 3.33. The van der Waals surface area contributed by atoms with Gasteiger partial charge in [-0.15, -0.1) is 0 Å². The van der Waals surface area contributed by atoms with E-state index < -0.39 is 5.60 Å². The maximum absolute atomic E-state index is 6.04. The maximum atomic E-state index is 6.04. The van der Waals surface area contributed by atoms with Crippen LogP contribution in [0.15, 0.2) is 0 Å². The van der Waals surface area contributed by atoms with Crippen molar-refractivity contribution in [2.75, 3.05) is 20.0 Å². The highest BCUT2D eigenvalue weighted by atomic mass is 127. The van der Waals surface area contributed by atoms with Gasteiger partial charge in [-0.1, -0.05) is 13.3 Å². The van der Waals surface area contributed by atoms with Gasteiger partial charge in [-0.25, -0.2) is 9.97 Å². The number of rotatable bonds is 4. The first-order chi connectivity index (χ1) is 9.52. The van der Waals surface area contributed by atoms with E-state index in [0.29, 0.717) is 24.2 Å². The van der Waals surface area contributed by atoms with Crippen molar-refractivity contribution in [1.29, 1.82) is 0 Å². The lowest BCUT2D eigenvalue weighted by molar-refractivity contribution is -0.0648. The van der Waals surface area contributed by atoms with Crippen LogP contribution in [0.2, 0.25) is 0 Å².